The van der Waals surface area contributed by atoms with Crippen LogP contribution in [0.4, 0.5) is 0 Å². The van der Waals surface area contributed by atoms with Crippen LogP contribution < -0.4 is 0 Å². The van der Waals surface area contributed by atoms with Gasteiger partial charge in [-0.15, -0.1) is 0 Å². The smallest absolute Gasteiger partial charge is 0.0894 e. The molecule has 0 saturated carbocycles. The van der Waals surface area contributed by atoms with Crippen molar-refractivity contribution in [3.63, 3.8) is 0 Å². The second-order valence-corrected chi connectivity index (χ2v) is 6.58. The normalized spacial score (nSPS) is 18.5. The average molecular weight is 280 g/mol. The minimum Gasteiger partial charge on any atom is -0.411 e. The fraction of sp³-hybridized carbons (Fsp3) is 0.333. The van der Waals surface area contributed by atoms with Crippen molar-refractivity contribution in [3.8, 4) is 11.3 Å². The summed E-state index contributed by atoms with van der Waals surface area (Å²) in [5, 5.41) is 12.9. The van der Waals surface area contributed by atoms with Crippen LogP contribution in [-0.4, -0.2) is 15.9 Å². The Morgan fingerprint density at radius 3 is 2.52 bits per heavy atom. The first-order chi connectivity index (χ1) is 10.00. The zero-order valence-electron chi connectivity index (χ0n) is 12.7. The topological polar surface area (TPSA) is 45.5 Å². The van der Waals surface area contributed by atoms with E-state index in [1.54, 1.807) is 0 Å². The molecule has 108 valence electrons. The highest BCUT2D eigenvalue weighted by Crippen LogP contribution is 2.36. The zero-order valence-corrected chi connectivity index (χ0v) is 12.7. The van der Waals surface area contributed by atoms with Crippen molar-refractivity contribution < 1.29 is 5.21 Å². The number of oxime groups is 1. The number of benzene rings is 1. The fourth-order valence-corrected chi connectivity index (χ4v) is 3.16. The SMILES string of the molecule is Cc1cc(-c2ccccc2)nc2c1/C(=N/O)CC(C)(C)C2. The highest BCUT2D eigenvalue weighted by Gasteiger charge is 2.32. The maximum absolute atomic E-state index is 9.34. The Hall–Kier alpha value is -2.16. The van der Waals surface area contributed by atoms with Gasteiger partial charge in [0.05, 0.1) is 17.1 Å². The number of hydrogen-bond donors (Lipinski definition) is 1. The monoisotopic (exact) mass is 280 g/mol. The highest BCUT2D eigenvalue weighted by atomic mass is 16.4. The summed E-state index contributed by atoms with van der Waals surface area (Å²) >= 11 is 0. The first kappa shape index (κ1) is 13.8. The summed E-state index contributed by atoms with van der Waals surface area (Å²) in [5.41, 5.74) is 6.13. The van der Waals surface area contributed by atoms with E-state index in [1.165, 1.54) is 0 Å². The first-order valence-electron chi connectivity index (χ1n) is 7.27. The minimum absolute atomic E-state index is 0.0727. The van der Waals surface area contributed by atoms with Gasteiger partial charge < -0.3 is 5.21 Å². The van der Waals surface area contributed by atoms with Crippen LogP contribution in [0.2, 0.25) is 0 Å². The van der Waals surface area contributed by atoms with E-state index in [2.05, 4.69) is 44.1 Å². The van der Waals surface area contributed by atoms with Crippen molar-refractivity contribution in [1.82, 2.24) is 4.98 Å². The second-order valence-electron chi connectivity index (χ2n) is 6.58. The molecular weight excluding hydrogens is 260 g/mol. The van der Waals surface area contributed by atoms with E-state index >= 15 is 0 Å². The van der Waals surface area contributed by atoms with E-state index in [0.717, 1.165) is 46.6 Å². The molecule has 21 heavy (non-hydrogen) atoms. The molecule has 0 amide bonds. The van der Waals surface area contributed by atoms with Gasteiger partial charge in [-0.2, -0.15) is 0 Å². The molecule has 1 aliphatic carbocycles. The van der Waals surface area contributed by atoms with Gasteiger partial charge in [0.15, 0.2) is 0 Å². The molecule has 0 aliphatic heterocycles. The van der Waals surface area contributed by atoms with Crippen molar-refractivity contribution in [1.29, 1.82) is 0 Å². The second kappa shape index (κ2) is 4.99. The molecule has 3 nitrogen and oxygen atoms in total. The molecule has 0 spiro atoms. The fourth-order valence-electron chi connectivity index (χ4n) is 3.16. The molecule has 1 aliphatic rings. The van der Waals surface area contributed by atoms with Gasteiger partial charge in [0.25, 0.3) is 0 Å². The van der Waals surface area contributed by atoms with Crippen LogP contribution in [0.25, 0.3) is 11.3 Å². The van der Waals surface area contributed by atoms with Crippen LogP contribution in [-0.2, 0) is 6.42 Å². The summed E-state index contributed by atoms with van der Waals surface area (Å²) in [7, 11) is 0. The Morgan fingerprint density at radius 2 is 1.86 bits per heavy atom. The van der Waals surface area contributed by atoms with Crippen LogP contribution in [0.1, 0.15) is 37.1 Å². The summed E-state index contributed by atoms with van der Waals surface area (Å²) < 4.78 is 0. The predicted molar refractivity (Wildman–Crippen MR) is 84.8 cm³/mol. The maximum Gasteiger partial charge on any atom is 0.0894 e. The third-order valence-corrected chi connectivity index (χ3v) is 4.06. The van der Waals surface area contributed by atoms with E-state index in [9.17, 15) is 5.21 Å². The van der Waals surface area contributed by atoms with Crippen LogP contribution in [0, 0.1) is 12.3 Å². The number of pyridine rings is 1. The molecule has 1 N–H and O–H groups in total. The van der Waals surface area contributed by atoms with Crippen LogP contribution in [0.5, 0.6) is 0 Å². The number of aromatic nitrogens is 1. The Morgan fingerprint density at radius 1 is 1.14 bits per heavy atom. The summed E-state index contributed by atoms with van der Waals surface area (Å²) in [4.78, 5) is 4.85. The third-order valence-electron chi connectivity index (χ3n) is 4.06. The van der Waals surface area contributed by atoms with Crippen molar-refractivity contribution in [2.24, 2.45) is 10.6 Å². The molecule has 0 atom stereocenters. The van der Waals surface area contributed by atoms with E-state index < -0.39 is 0 Å². The van der Waals surface area contributed by atoms with Crippen LogP contribution in [0.15, 0.2) is 41.6 Å². The first-order valence-corrected chi connectivity index (χ1v) is 7.27. The van der Waals surface area contributed by atoms with Crippen molar-refractivity contribution in [3.05, 3.63) is 53.2 Å². The average Bonchev–Trinajstić information content (AvgIpc) is 2.45. The Balaban J connectivity index is 2.17. The summed E-state index contributed by atoms with van der Waals surface area (Å²) in [6.07, 6.45) is 1.69. The van der Waals surface area contributed by atoms with E-state index in [4.69, 9.17) is 4.98 Å². The van der Waals surface area contributed by atoms with Crippen molar-refractivity contribution in [2.75, 3.05) is 0 Å². The molecule has 1 aromatic carbocycles. The van der Waals surface area contributed by atoms with Crippen molar-refractivity contribution >= 4 is 5.71 Å². The number of fused-ring (bicyclic) bond motifs is 1. The molecule has 0 bridgehead atoms. The molecular formula is C18H20N2O. The lowest BCUT2D eigenvalue weighted by molar-refractivity contribution is 0.305. The molecule has 0 radical (unpaired) electrons. The lowest BCUT2D eigenvalue weighted by atomic mass is 9.74. The lowest BCUT2D eigenvalue weighted by Crippen LogP contribution is -2.29. The minimum atomic E-state index is 0.0727. The Bertz CT molecular complexity index is 703. The van der Waals surface area contributed by atoms with Gasteiger partial charge in [0.2, 0.25) is 0 Å². The lowest BCUT2D eigenvalue weighted by Gasteiger charge is -2.32. The molecule has 2 aromatic rings. The quantitative estimate of drug-likeness (QED) is 0.628. The molecule has 3 rings (SSSR count). The zero-order chi connectivity index (χ0) is 15.0. The highest BCUT2D eigenvalue weighted by molar-refractivity contribution is 6.04. The molecule has 0 saturated heterocycles. The third kappa shape index (κ3) is 2.56. The largest absolute Gasteiger partial charge is 0.411 e. The van der Waals surface area contributed by atoms with Gasteiger partial charge in [-0.25, -0.2) is 0 Å². The predicted octanol–water partition coefficient (Wildman–Crippen LogP) is 4.21. The van der Waals surface area contributed by atoms with Gasteiger partial charge >= 0.3 is 0 Å². The van der Waals surface area contributed by atoms with Gasteiger partial charge in [-0.05, 0) is 36.8 Å². The van der Waals surface area contributed by atoms with E-state index in [1.807, 2.05) is 18.2 Å². The Labute approximate surface area is 125 Å². The number of aryl methyl sites for hydroxylation is 1. The molecule has 0 unspecified atom stereocenters. The van der Waals surface area contributed by atoms with Gasteiger partial charge in [0.1, 0.15) is 0 Å². The number of rotatable bonds is 1. The number of hydrogen-bond acceptors (Lipinski definition) is 3. The standard InChI is InChI=1S/C18H20N2O/c1-12-9-14(13-7-5-4-6-8-13)19-15-10-18(2,3)11-16(20-21)17(12)15/h4-9,21H,10-11H2,1-3H3/b20-16+. The van der Waals surface area contributed by atoms with Gasteiger partial charge in [-0.1, -0.05) is 49.3 Å². The Kier molecular flexibility index (Phi) is 3.28. The van der Waals surface area contributed by atoms with Crippen molar-refractivity contribution in [2.45, 2.75) is 33.6 Å². The van der Waals surface area contributed by atoms with E-state index in [0.29, 0.717) is 0 Å². The van der Waals surface area contributed by atoms with E-state index in [-0.39, 0.29) is 5.41 Å². The summed E-state index contributed by atoms with van der Waals surface area (Å²) in [6, 6.07) is 12.3. The molecule has 0 fully saturated rings. The maximum atomic E-state index is 9.34. The van der Waals surface area contributed by atoms with Gasteiger partial charge in [0, 0.05) is 11.1 Å². The van der Waals surface area contributed by atoms with Crippen LogP contribution >= 0.6 is 0 Å². The summed E-state index contributed by atoms with van der Waals surface area (Å²) in [6.45, 7) is 6.44. The number of nitrogens with zero attached hydrogens (tertiary/aromatic N) is 2. The molecule has 3 heteroatoms. The van der Waals surface area contributed by atoms with Crippen LogP contribution in [0.3, 0.4) is 0 Å². The molecule has 1 aromatic heterocycles. The van der Waals surface area contributed by atoms with Gasteiger partial charge in [-0.3, -0.25) is 4.98 Å². The molecule has 1 heterocycles. The summed E-state index contributed by atoms with van der Waals surface area (Å²) in [5.74, 6) is 0.